The lowest BCUT2D eigenvalue weighted by Crippen LogP contribution is -2.45. The van der Waals surface area contributed by atoms with Gasteiger partial charge in [0.2, 0.25) is 0 Å². The van der Waals surface area contributed by atoms with Crippen LogP contribution < -0.4 is 5.32 Å². The fraction of sp³-hybridized carbons (Fsp3) is 0.588. The van der Waals surface area contributed by atoms with Gasteiger partial charge in [0.05, 0.1) is 11.2 Å². The Kier molecular flexibility index (Phi) is 5.70. The molecule has 1 aliphatic heterocycles. The van der Waals surface area contributed by atoms with E-state index >= 15 is 0 Å². The summed E-state index contributed by atoms with van der Waals surface area (Å²) in [6, 6.07) is -0.0212. The van der Waals surface area contributed by atoms with Crippen molar-refractivity contribution in [1.29, 1.82) is 0 Å². The molecule has 7 nitrogen and oxygen atoms in total. The van der Waals surface area contributed by atoms with Gasteiger partial charge in [-0.3, -0.25) is 0 Å². The smallest absolute Gasteiger partial charge is 0.317 e. The number of hydrogen-bond donors (Lipinski definition) is 2. The molecule has 1 atom stereocenters. The molecule has 2 N–H and O–H groups in total. The van der Waals surface area contributed by atoms with Gasteiger partial charge in [-0.2, -0.15) is 0 Å². The van der Waals surface area contributed by atoms with E-state index in [4.69, 9.17) is 0 Å². The number of piperidine rings is 1. The lowest BCUT2D eigenvalue weighted by atomic mass is 9.91. The van der Waals surface area contributed by atoms with Gasteiger partial charge in [-0.15, -0.1) is 11.3 Å². The SMILES string of the molecule is Cc1ncsc1CCNC(=O)N1CCC([C@H](O)c2nccn2C)CC1. The Morgan fingerprint density at radius 2 is 2.20 bits per heavy atom. The predicted octanol–water partition coefficient (Wildman–Crippen LogP) is 1.88. The molecule has 1 saturated heterocycles. The minimum atomic E-state index is -0.570. The van der Waals surface area contributed by atoms with Crippen LogP contribution in [0.1, 0.15) is 35.3 Å². The van der Waals surface area contributed by atoms with Gasteiger partial charge in [-0.05, 0) is 25.7 Å². The Morgan fingerprint density at radius 1 is 1.44 bits per heavy atom. The molecule has 0 aromatic carbocycles. The highest BCUT2D eigenvalue weighted by atomic mass is 32.1. The fourth-order valence-corrected chi connectivity index (χ4v) is 4.03. The third kappa shape index (κ3) is 4.19. The van der Waals surface area contributed by atoms with Crippen LogP contribution in [0.25, 0.3) is 0 Å². The summed E-state index contributed by atoms with van der Waals surface area (Å²) in [5, 5.41) is 13.5. The summed E-state index contributed by atoms with van der Waals surface area (Å²) in [5.41, 5.74) is 2.88. The van der Waals surface area contributed by atoms with Gasteiger partial charge in [0.1, 0.15) is 11.9 Å². The molecule has 0 spiro atoms. The van der Waals surface area contributed by atoms with Gasteiger partial charge >= 0.3 is 6.03 Å². The Morgan fingerprint density at radius 3 is 2.80 bits per heavy atom. The zero-order valence-corrected chi connectivity index (χ0v) is 15.5. The van der Waals surface area contributed by atoms with Crippen molar-refractivity contribution in [3.63, 3.8) is 0 Å². The number of thiazole rings is 1. The number of rotatable bonds is 5. The van der Waals surface area contributed by atoms with Crippen LogP contribution in [0.2, 0.25) is 0 Å². The van der Waals surface area contributed by atoms with Gasteiger partial charge in [0.25, 0.3) is 0 Å². The van der Waals surface area contributed by atoms with Crippen LogP contribution >= 0.6 is 11.3 Å². The van der Waals surface area contributed by atoms with Crippen molar-refractivity contribution < 1.29 is 9.90 Å². The molecular weight excluding hydrogens is 338 g/mol. The topological polar surface area (TPSA) is 83.3 Å². The van der Waals surface area contributed by atoms with Crippen LogP contribution in [0.5, 0.6) is 0 Å². The molecule has 0 unspecified atom stereocenters. The molecule has 2 amide bonds. The number of carbonyl (C=O) groups is 1. The predicted molar refractivity (Wildman–Crippen MR) is 96.4 cm³/mol. The number of nitrogens with one attached hydrogen (secondary N) is 1. The minimum Gasteiger partial charge on any atom is -0.385 e. The molecule has 25 heavy (non-hydrogen) atoms. The number of nitrogens with zero attached hydrogens (tertiary/aromatic N) is 4. The standard InChI is InChI=1S/C17H25N5O2S/c1-12-14(25-11-20-12)3-6-19-17(24)22-8-4-13(5-9-22)15(23)16-18-7-10-21(16)2/h7,10-11,13,15,23H,3-6,8-9H2,1-2H3,(H,19,24)/t15-/m0/s1. The van der Waals surface area contributed by atoms with E-state index in [2.05, 4.69) is 15.3 Å². The van der Waals surface area contributed by atoms with Gasteiger partial charge in [-0.1, -0.05) is 0 Å². The van der Waals surface area contributed by atoms with Crippen LogP contribution in [-0.4, -0.2) is 50.2 Å². The number of urea groups is 1. The third-order valence-electron chi connectivity index (χ3n) is 4.87. The summed E-state index contributed by atoms with van der Waals surface area (Å²) in [6.07, 6.45) is 5.36. The average molecular weight is 363 g/mol. The Bertz CT molecular complexity index is 705. The lowest BCUT2D eigenvalue weighted by molar-refractivity contribution is 0.0584. The molecule has 1 fully saturated rings. The van der Waals surface area contributed by atoms with Gasteiger partial charge in [0.15, 0.2) is 0 Å². The van der Waals surface area contributed by atoms with E-state index in [9.17, 15) is 9.90 Å². The zero-order valence-electron chi connectivity index (χ0n) is 14.7. The van der Waals surface area contributed by atoms with Crippen LogP contribution in [0.3, 0.4) is 0 Å². The summed E-state index contributed by atoms with van der Waals surface area (Å²) >= 11 is 1.63. The molecule has 8 heteroatoms. The van der Waals surface area contributed by atoms with Crippen molar-refractivity contribution >= 4 is 17.4 Å². The van der Waals surface area contributed by atoms with Crippen molar-refractivity contribution in [1.82, 2.24) is 24.8 Å². The third-order valence-corrected chi connectivity index (χ3v) is 5.86. The molecule has 2 aromatic rings. The summed E-state index contributed by atoms with van der Waals surface area (Å²) in [5.74, 6) is 0.841. The lowest BCUT2D eigenvalue weighted by Gasteiger charge is -2.34. The van der Waals surface area contributed by atoms with Crippen molar-refractivity contribution in [3.05, 3.63) is 34.3 Å². The minimum absolute atomic E-state index is 0.0212. The second kappa shape index (κ2) is 7.97. The van der Waals surface area contributed by atoms with Crippen molar-refractivity contribution in [2.45, 2.75) is 32.3 Å². The Labute approximate surface area is 151 Å². The van der Waals surface area contributed by atoms with E-state index in [0.29, 0.717) is 25.5 Å². The number of aryl methyl sites for hydroxylation is 2. The largest absolute Gasteiger partial charge is 0.385 e. The molecule has 136 valence electrons. The normalized spacial score (nSPS) is 16.8. The summed E-state index contributed by atoms with van der Waals surface area (Å²) in [7, 11) is 1.89. The first kappa shape index (κ1) is 17.9. The molecular formula is C17H25N5O2S. The van der Waals surface area contributed by atoms with Crippen molar-refractivity contribution in [2.75, 3.05) is 19.6 Å². The second-order valence-corrected chi connectivity index (χ2v) is 7.45. The number of aliphatic hydroxyl groups excluding tert-OH is 1. The zero-order chi connectivity index (χ0) is 17.8. The maximum Gasteiger partial charge on any atom is 0.317 e. The Hall–Kier alpha value is -1.93. The number of imidazole rings is 1. The number of aliphatic hydroxyl groups is 1. The summed E-state index contributed by atoms with van der Waals surface area (Å²) in [4.78, 5) is 23.8. The quantitative estimate of drug-likeness (QED) is 0.850. The summed E-state index contributed by atoms with van der Waals surface area (Å²) < 4.78 is 1.85. The summed E-state index contributed by atoms with van der Waals surface area (Å²) in [6.45, 7) is 3.94. The molecule has 2 aromatic heterocycles. The highest BCUT2D eigenvalue weighted by Crippen LogP contribution is 2.29. The van der Waals surface area contributed by atoms with E-state index < -0.39 is 6.10 Å². The highest BCUT2D eigenvalue weighted by Gasteiger charge is 2.29. The van der Waals surface area contributed by atoms with E-state index in [1.54, 1.807) is 17.5 Å². The first-order valence-corrected chi connectivity index (χ1v) is 9.51. The molecule has 3 rings (SSSR count). The van der Waals surface area contributed by atoms with Crippen LogP contribution in [0.15, 0.2) is 17.9 Å². The van der Waals surface area contributed by atoms with E-state index in [1.807, 2.05) is 35.1 Å². The molecule has 0 radical (unpaired) electrons. The molecule has 1 aliphatic rings. The fourth-order valence-electron chi connectivity index (χ4n) is 3.25. The van der Waals surface area contributed by atoms with Gasteiger partial charge in [-0.25, -0.2) is 14.8 Å². The Balaban J connectivity index is 1.43. The van der Waals surface area contributed by atoms with E-state index in [0.717, 1.165) is 25.0 Å². The van der Waals surface area contributed by atoms with Crippen molar-refractivity contribution in [2.24, 2.45) is 13.0 Å². The monoisotopic (exact) mass is 363 g/mol. The molecule has 0 aliphatic carbocycles. The van der Waals surface area contributed by atoms with E-state index in [-0.39, 0.29) is 11.9 Å². The first-order chi connectivity index (χ1) is 12.1. The van der Waals surface area contributed by atoms with Gasteiger partial charge in [0, 0.05) is 50.4 Å². The highest BCUT2D eigenvalue weighted by molar-refractivity contribution is 7.09. The van der Waals surface area contributed by atoms with Crippen LogP contribution in [-0.2, 0) is 13.5 Å². The first-order valence-electron chi connectivity index (χ1n) is 8.63. The molecule has 3 heterocycles. The maximum atomic E-state index is 12.3. The number of likely N-dealkylation sites (tertiary alicyclic amines) is 1. The maximum absolute atomic E-state index is 12.3. The second-order valence-electron chi connectivity index (χ2n) is 6.51. The number of carbonyl (C=O) groups excluding carboxylic acids is 1. The molecule has 0 bridgehead atoms. The average Bonchev–Trinajstić information content (AvgIpc) is 3.23. The van der Waals surface area contributed by atoms with Crippen molar-refractivity contribution in [3.8, 4) is 0 Å². The van der Waals surface area contributed by atoms with Crippen LogP contribution in [0, 0.1) is 12.8 Å². The number of aromatic nitrogens is 3. The number of amides is 2. The van der Waals surface area contributed by atoms with Gasteiger partial charge < -0.3 is 19.9 Å². The number of hydrogen-bond acceptors (Lipinski definition) is 5. The molecule has 0 saturated carbocycles. The van der Waals surface area contributed by atoms with Crippen LogP contribution in [0.4, 0.5) is 4.79 Å². The van der Waals surface area contributed by atoms with E-state index in [1.165, 1.54) is 4.88 Å².